The third-order valence-electron chi connectivity index (χ3n) is 9.33. The minimum atomic E-state index is -1.53. The maximum absolute atomic E-state index is 14.6. The molecule has 0 N–H and O–H groups in total. The van der Waals surface area contributed by atoms with Crippen molar-refractivity contribution in [2.24, 2.45) is 11.8 Å². The van der Waals surface area contributed by atoms with Gasteiger partial charge in [-0.2, -0.15) is 0 Å². The molecule has 4 aliphatic rings. The molecule has 3 fully saturated rings. The topological polar surface area (TPSA) is 81.2 Å². The molecule has 7 rings (SSSR count). The first-order chi connectivity index (χ1) is 19.7. The van der Waals surface area contributed by atoms with Crippen LogP contribution in [0.2, 0.25) is 0 Å². The number of hydrogen-bond donors (Lipinski definition) is 0. The lowest BCUT2D eigenvalue weighted by Gasteiger charge is -2.45. The fourth-order valence-electron chi connectivity index (χ4n) is 7.32. The monoisotopic (exact) mass is 546 g/mol. The Kier molecular flexibility index (Phi) is 5.32. The molecule has 0 aliphatic carbocycles. The molecule has 0 aromatic heterocycles. The molecule has 4 aliphatic heterocycles. The summed E-state index contributed by atoms with van der Waals surface area (Å²) in [5.74, 6) is -3.56. The lowest BCUT2D eigenvalue weighted by atomic mass is 9.77. The van der Waals surface area contributed by atoms with Crippen LogP contribution in [0.3, 0.4) is 0 Å². The summed E-state index contributed by atoms with van der Waals surface area (Å²) in [5.41, 5.74) is 1.38. The zero-order valence-electron chi connectivity index (χ0n) is 23.2. The maximum Gasteiger partial charge on any atom is 0.261 e. The molecule has 206 valence electrons. The quantitative estimate of drug-likeness (QED) is 0.458. The Morgan fingerprint density at radius 1 is 0.707 bits per heavy atom. The first-order valence-corrected chi connectivity index (χ1v) is 13.8. The summed E-state index contributed by atoms with van der Waals surface area (Å²) in [5, 5.41) is 0. The molecule has 0 saturated carbocycles. The predicted octanol–water partition coefficient (Wildman–Crippen LogP) is 4.13. The average Bonchev–Trinajstić information content (AvgIpc) is 3.59. The van der Waals surface area contributed by atoms with Crippen LogP contribution in [0.25, 0.3) is 0 Å². The number of rotatable bonds is 4. The molecule has 0 bridgehead atoms. The maximum atomic E-state index is 14.6. The van der Waals surface area contributed by atoms with Crippen molar-refractivity contribution in [2.45, 2.75) is 44.9 Å². The van der Waals surface area contributed by atoms with Crippen molar-refractivity contribution < 1.29 is 19.2 Å². The number of nitrogens with zero attached hydrogens (tertiary/aromatic N) is 4. The van der Waals surface area contributed by atoms with Gasteiger partial charge in [0, 0.05) is 18.9 Å². The smallest absolute Gasteiger partial charge is 0.261 e. The SMILES string of the molecule is Cc1ccc(N2C(=O)C3C(C2=O)C2(C)N(Cc4ccccc4)C=CN2C32CC(=O)N(c3ccc(C)cc3)C2=O)cc1. The number of carbonyl (C=O) groups is 4. The van der Waals surface area contributed by atoms with E-state index in [1.165, 1.54) is 9.80 Å². The Morgan fingerprint density at radius 3 is 1.88 bits per heavy atom. The van der Waals surface area contributed by atoms with E-state index in [0.717, 1.165) is 16.7 Å². The third-order valence-corrected chi connectivity index (χ3v) is 9.33. The second kappa shape index (κ2) is 8.64. The van der Waals surface area contributed by atoms with Gasteiger partial charge in [0.05, 0.1) is 29.6 Å². The number of fused-ring (bicyclic) bond motifs is 5. The molecule has 4 unspecified atom stereocenters. The predicted molar refractivity (Wildman–Crippen MR) is 153 cm³/mol. The molecule has 41 heavy (non-hydrogen) atoms. The van der Waals surface area contributed by atoms with E-state index in [1.54, 1.807) is 30.5 Å². The number of anilines is 2. The molecule has 3 aromatic rings. The highest BCUT2D eigenvalue weighted by Gasteiger charge is 2.80. The first-order valence-electron chi connectivity index (χ1n) is 13.8. The molecule has 4 amide bonds. The van der Waals surface area contributed by atoms with Crippen molar-refractivity contribution >= 4 is 35.0 Å². The van der Waals surface area contributed by atoms with Gasteiger partial charge in [0.25, 0.3) is 5.91 Å². The van der Waals surface area contributed by atoms with Crippen molar-refractivity contribution in [3.05, 3.63) is 108 Å². The summed E-state index contributed by atoms with van der Waals surface area (Å²) >= 11 is 0. The third kappa shape index (κ3) is 3.27. The van der Waals surface area contributed by atoms with E-state index in [0.29, 0.717) is 17.9 Å². The molecular weight excluding hydrogens is 516 g/mol. The number of aryl methyl sites for hydroxylation is 2. The standard InChI is InChI=1S/C33H30N4O4/c1-21-9-13-24(14-10-21)36-26(38)19-33(31(36)41)28-27(29(39)37(30(28)40)25-15-11-22(2)12-16-25)32(3)34(17-18-35(32)33)20-23-7-5-4-6-8-23/h4-18,27-28H,19-20H2,1-3H3. The Morgan fingerprint density at radius 2 is 1.27 bits per heavy atom. The molecular formula is C33H30N4O4. The van der Waals surface area contributed by atoms with E-state index in [-0.39, 0.29) is 18.2 Å². The Labute approximate surface area is 238 Å². The number of benzene rings is 3. The average molecular weight is 547 g/mol. The molecule has 0 radical (unpaired) electrons. The van der Waals surface area contributed by atoms with Crippen LogP contribution in [0, 0.1) is 25.7 Å². The Hall–Kier alpha value is -4.72. The zero-order valence-corrected chi connectivity index (χ0v) is 23.2. The highest BCUT2D eigenvalue weighted by molar-refractivity contribution is 6.30. The fourth-order valence-corrected chi connectivity index (χ4v) is 7.32. The van der Waals surface area contributed by atoms with Crippen LogP contribution in [0.5, 0.6) is 0 Å². The van der Waals surface area contributed by atoms with Crippen molar-refractivity contribution in [3.63, 3.8) is 0 Å². The molecule has 4 heterocycles. The second-order valence-corrected chi connectivity index (χ2v) is 11.6. The summed E-state index contributed by atoms with van der Waals surface area (Å²) in [6, 6.07) is 24.3. The van der Waals surface area contributed by atoms with E-state index >= 15 is 0 Å². The largest absolute Gasteiger partial charge is 0.349 e. The number of hydrogen-bond acceptors (Lipinski definition) is 6. The van der Waals surface area contributed by atoms with Crippen molar-refractivity contribution in [1.29, 1.82) is 0 Å². The molecule has 8 heteroatoms. The van der Waals surface area contributed by atoms with Crippen LogP contribution in [0.1, 0.15) is 30.0 Å². The normalized spacial score (nSPS) is 28.5. The van der Waals surface area contributed by atoms with Crippen molar-refractivity contribution in [3.8, 4) is 0 Å². The van der Waals surface area contributed by atoms with Gasteiger partial charge in [-0.15, -0.1) is 0 Å². The van der Waals surface area contributed by atoms with Crippen molar-refractivity contribution in [2.75, 3.05) is 9.80 Å². The van der Waals surface area contributed by atoms with E-state index in [4.69, 9.17) is 0 Å². The van der Waals surface area contributed by atoms with E-state index in [1.807, 2.05) is 91.4 Å². The van der Waals surface area contributed by atoms with Gasteiger partial charge in [-0.05, 0) is 50.6 Å². The van der Waals surface area contributed by atoms with E-state index in [2.05, 4.69) is 0 Å². The lowest BCUT2D eigenvalue weighted by molar-refractivity contribution is -0.135. The Balaban J connectivity index is 1.38. The highest BCUT2D eigenvalue weighted by Crippen LogP contribution is 2.61. The summed E-state index contributed by atoms with van der Waals surface area (Å²) in [6.45, 7) is 6.26. The van der Waals surface area contributed by atoms with Crippen LogP contribution in [0.4, 0.5) is 11.4 Å². The molecule has 1 spiro atoms. The lowest BCUT2D eigenvalue weighted by Crippen LogP contribution is -2.61. The van der Waals surface area contributed by atoms with Crippen LogP contribution < -0.4 is 9.80 Å². The van der Waals surface area contributed by atoms with Gasteiger partial charge in [-0.1, -0.05) is 65.7 Å². The Bertz CT molecular complexity index is 1630. The highest BCUT2D eigenvalue weighted by atomic mass is 16.2. The summed E-state index contributed by atoms with van der Waals surface area (Å²) in [4.78, 5) is 63.3. The molecule has 3 saturated heterocycles. The number of amides is 4. The summed E-state index contributed by atoms with van der Waals surface area (Å²) < 4.78 is 0. The molecule has 4 atom stereocenters. The van der Waals surface area contributed by atoms with Crippen molar-refractivity contribution in [1.82, 2.24) is 9.80 Å². The number of imide groups is 2. The van der Waals surface area contributed by atoms with Crippen LogP contribution in [-0.2, 0) is 25.7 Å². The van der Waals surface area contributed by atoms with Gasteiger partial charge < -0.3 is 9.80 Å². The number of carbonyl (C=O) groups excluding carboxylic acids is 4. The zero-order chi connectivity index (χ0) is 28.7. The summed E-state index contributed by atoms with van der Waals surface area (Å²) in [7, 11) is 0. The molecule has 3 aromatic carbocycles. The van der Waals surface area contributed by atoms with Gasteiger partial charge >= 0.3 is 0 Å². The van der Waals surface area contributed by atoms with Crippen LogP contribution >= 0.6 is 0 Å². The van der Waals surface area contributed by atoms with Crippen LogP contribution in [0.15, 0.2) is 91.3 Å². The molecule has 8 nitrogen and oxygen atoms in total. The van der Waals surface area contributed by atoms with Crippen LogP contribution in [-0.4, -0.2) is 44.6 Å². The first kappa shape index (κ1) is 25.3. The van der Waals surface area contributed by atoms with Gasteiger partial charge in [0.2, 0.25) is 17.7 Å². The van der Waals surface area contributed by atoms with E-state index in [9.17, 15) is 19.2 Å². The van der Waals surface area contributed by atoms with Gasteiger partial charge in [0.1, 0.15) is 11.2 Å². The summed E-state index contributed by atoms with van der Waals surface area (Å²) in [6.07, 6.45) is 3.48. The van der Waals surface area contributed by atoms with Gasteiger partial charge in [-0.25, -0.2) is 9.80 Å². The minimum absolute atomic E-state index is 0.194. The van der Waals surface area contributed by atoms with Gasteiger partial charge in [-0.3, -0.25) is 19.2 Å². The fraction of sp³-hybridized carbons (Fsp3) is 0.273. The van der Waals surface area contributed by atoms with E-state index < -0.39 is 34.9 Å². The minimum Gasteiger partial charge on any atom is -0.349 e. The van der Waals surface area contributed by atoms with Gasteiger partial charge in [0.15, 0.2) is 0 Å². The second-order valence-electron chi connectivity index (χ2n) is 11.6.